The summed E-state index contributed by atoms with van der Waals surface area (Å²) in [5.74, 6) is 0. The number of aliphatic hydroxyl groups excluding tert-OH is 1. The summed E-state index contributed by atoms with van der Waals surface area (Å²) in [6.45, 7) is 1.47. The molecule has 0 spiro atoms. The fraction of sp³-hybridized carbons (Fsp3) is 1.00. The van der Waals surface area contributed by atoms with E-state index in [1.54, 1.807) is 0 Å². The summed E-state index contributed by atoms with van der Waals surface area (Å²) in [6, 6.07) is 0.601. The molecule has 1 aliphatic rings. The summed E-state index contributed by atoms with van der Waals surface area (Å²) >= 11 is 0. The Hall–Kier alpha value is 0.500. The van der Waals surface area contributed by atoms with Crippen molar-refractivity contribution in [2.24, 2.45) is 0 Å². The van der Waals surface area contributed by atoms with Crippen molar-refractivity contribution in [1.29, 1.82) is 0 Å². The molecule has 11 heavy (non-hydrogen) atoms. The summed E-state index contributed by atoms with van der Waals surface area (Å²) in [4.78, 5) is 0. The maximum absolute atomic E-state index is 8.58. The van der Waals surface area contributed by atoms with Crippen LogP contribution in [0.5, 0.6) is 0 Å². The zero-order valence-electron chi connectivity index (χ0n) is 6.58. The van der Waals surface area contributed by atoms with E-state index in [4.69, 9.17) is 5.11 Å². The summed E-state index contributed by atoms with van der Waals surface area (Å²) in [5, 5.41) is 11.9. The molecule has 4 heteroatoms. The lowest BCUT2D eigenvalue weighted by atomic mass is 10.0. The van der Waals surface area contributed by atoms with Crippen LogP contribution in [0.1, 0.15) is 25.7 Å². The molecule has 0 saturated carbocycles. The van der Waals surface area contributed by atoms with Crippen LogP contribution in [0.25, 0.3) is 0 Å². The van der Waals surface area contributed by atoms with E-state index in [2.05, 4.69) is 5.32 Å². The van der Waals surface area contributed by atoms with Gasteiger partial charge in [-0.1, -0.05) is 6.42 Å². The Bertz CT molecular complexity index is 74.1. The van der Waals surface area contributed by atoms with Gasteiger partial charge in [-0.2, -0.15) is 0 Å². The highest BCUT2D eigenvalue weighted by Gasteiger charge is 2.10. The highest BCUT2D eigenvalue weighted by Crippen LogP contribution is 2.08. The lowest BCUT2D eigenvalue weighted by Crippen LogP contribution is -2.34. The van der Waals surface area contributed by atoms with Gasteiger partial charge in [-0.25, -0.2) is 0 Å². The van der Waals surface area contributed by atoms with Gasteiger partial charge in [0.2, 0.25) is 0 Å². The van der Waals surface area contributed by atoms with Crippen LogP contribution in [-0.2, 0) is 0 Å². The van der Waals surface area contributed by atoms with Crippen LogP contribution in [0, 0.1) is 0 Å². The molecule has 70 valence electrons. The van der Waals surface area contributed by atoms with Crippen molar-refractivity contribution in [2.45, 2.75) is 31.7 Å². The zero-order chi connectivity index (χ0) is 6.53. The maximum Gasteiger partial charge on any atom is 0.0445 e. The fourth-order valence-electron chi connectivity index (χ4n) is 1.33. The first-order valence-electron chi connectivity index (χ1n) is 3.77. The smallest absolute Gasteiger partial charge is 0.0445 e. The van der Waals surface area contributed by atoms with Crippen LogP contribution in [-0.4, -0.2) is 24.3 Å². The normalized spacial score (nSPS) is 23.2. The van der Waals surface area contributed by atoms with Gasteiger partial charge in [-0.15, -0.1) is 24.8 Å². The molecule has 1 aliphatic heterocycles. The molecule has 0 aromatic heterocycles. The number of rotatable bonds is 2. The van der Waals surface area contributed by atoms with Crippen LogP contribution in [0.4, 0.5) is 0 Å². The molecule has 2 nitrogen and oxygen atoms in total. The molecule has 1 heterocycles. The van der Waals surface area contributed by atoms with E-state index < -0.39 is 0 Å². The quantitative estimate of drug-likeness (QED) is 0.708. The number of halogens is 2. The van der Waals surface area contributed by atoms with Gasteiger partial charge in [-0.05, 0) is 25.8 Å². The summed E-state index contributed by atoms with van der Waals surface area (Å²) in [5.41, 5.74) is 0. The van der Waals surface area contributed by atoms with E-state index in [0.717, 1.165) is 13.0 Å². The molecule has 0 radical (unpaired) electrons. The van der Waals surface area contributed by atoms with Gasteiger partial charge < -0.3 is 10.4 Å². The molecular formula is C7H17Cl2NO. The van der Waals surface area contributed by atoms with Gasteiger partial charge in [0.1, 0.15) is 0 Å². The molecule has 0 amide bonds. The topological polar surface area (TPSA) is 32.3 Å². The van der Waals surface area contributed by atoms with Gasteiger partial charge in [0.25, 0.3) is 0 Å². The SMILES string of the molecule is Cl.Cl.OCCC1CCCCN1. The van der Waals surface area contributed by atoms with E-state index in [1.165, 1.54) is 19.3 Å². The lowest BCUT2D eigenvalue weighted by Gasteiger charge is -2.22. The molecule has 1 saturated heterocycles. The number of hydrogen-bond acceptors (Lipinski definition) is 2. The molecule has 0 aromatic carbocycles. The second kappa shape index (κ2) is 8.60. The molecule has 1 unspecified atom stereocenters. The fourth-order valence-corrected chi connectivity index (χ4v) is 1.33. The van der Waals surface area contributed by atoms with Crippen LogP contribution in [0.15, 0.2) is 0 Å². The van der Waals surface area contributed by atoms with E-state index in [9.17, 15) is 0 Å². The first-order chi connectivity index (χ1) is 4.43. The van der Waals surface area contributed by atoms with Crippen molar-refractivity contribution in [3.8, 4) is 0 Å². The lowest BCUT2D eigenvalue weighted by molar-refractivity contribution is 0.250. The van der Waals surface area contributed by atoms with Gasteiger partial charge in [-0.3, -0.25) is 0 Å². The van der Waals surface area contributed by atoms with Gasteiger partial charge in [0.15, 0.2) is 0 Å². The van der Waals surface area contributed by atoms with Crippen molar-refractivity contribution < 1.29 is 5.11 Å². The van der Waals surface area contributed by atoms with Crippen LogP contribution in [0.2, 0.25) is 0 Å². The second-order valence-corrected chi connectivity index (χ2v) is 2.66. The standard InChI is InChI=1S/C7H15NO.2ClH/c9-6-4-7-3-1-2-5-8-7;;/h7-9H,1-6H2;2*1H. The third-order valence-corrected chi connectivity index (χ3v) is 1.89. The molecular weight excluding hydrogens is 185 g/mol. The van der Waals surface area contributed by atoms with Gasteiger partial charge >= 0.3 is 0 Å². The van der Waals surface area contributed by atoms with E-state index in [-0.39, 0.29) is 24.8 Å². The monoisotopic (exact) mass is 201 g/mol. The van der Waals surface area contributed by atoms with Crippen molar-refractivity contribution >= 4 is 24.8 Å². The van der Waals surface area contributed by atoms with Crippen molar-refractivity contribution in [3.05, 3.63) is 0 Å². The predicted octanol–water partition coefficient (Wildman–Crippen LogP) is 1.35. The second-order valence-electron chi connectivity index (χ2n) is 2.66. The molecule has 0 bridgehead atoms. The minimum atomic E-state index is 0. The number of piperidine rings is 1. The molecule has 2 N–H and O–H groups in total. The zero-order valence-corrected chi connectivity index (χ0v) is 8.22. The Morgan fingerprint density at radius 2 is 2.00 bits per heavy atom. The highest BCUT2D eigenvalue weighted by molar-refractivity contribution is 5.85. The molecule has 0 aliphatic carbocycles. The minimum absolute atomic E-state index is 0. The van der Waals surface area contributed by atoms with E-state index >= 15 is 0 Å². The first-order valence-corrected chi connectivity index (χ1v) is 3.77. The van der Waals surface area contributed by atoms with Crippen LogP contribution < -0.4 is 5.32 Å². The first kappa shape index (κ1) is 14.0. The third kappa shape index (κ3) is 5.74. The van der Waals surface area contributed by atoms with Gasteiger partial charge in [0.05, 0.1) is 0 Å². The van der Waals surface area contributed by atoms with Gasteiger partial charge in [0, 0.05) is 12.6 Å². The van der Waals surface area contributed by atoms with Crippen LogP contribution >= 0.6 is 24.8 Å². The molecule has 1 rings (SSSR count). The molecule has 1 atom stereocenters. The molecule has 0 aromatic rings. The Kier molecular flexibility index (Phi) is 11.0. The van der Waals surface area contributed by atoms with E-state index in [0.29, 0.717) is 12.6 Å². The van der Waals surface area contributed by atoms with Crippen molar-refractivity contribution in [2.75, 3.05) is 13.2 Å². The minimum Gasteiger partial charge on any atom is -0.396 e. The molecule has 1 fully saturated rings. The number of nitrogens with one attached hydrogen (secondary N) is 1. The Morgan fingerprint density at radius 3 is 2.45 bits per heavy atom. The number of aliphatic hydroxyl groups is 1. The number of hydrogen-bond donors (Lipinski definition) is 2. The van der Waals surface area contributed by atoms with Crippen molar-refractivity contribution in [3.63, 3.8) is 0 Å². The third-order valence-electron chi connectivity index (χ3n) is 1.89. The Balaban J connectivity index is 0. The predicted molar refractivity (Wildman–Crippen MR) is 51.8 cm³/mol. The Labute approximate surface area is 80.6 Å². The largest absolute Gasteiger partial charge is 0.396 e. The highest BCUT2D eigenvalue weighted by atomic mass is 35.5. The maximum atomic E-state index is 8.58. The van der Waals surface area contributed by atoms with Crippen molar-refractivity contribution in [1.82, 2.24) is 5.32 Å². The average molecular weight is 202 g/mol. The summed E-state index contributed by atoms with van der Waals surface area (Å²) < 4.78 is 0. The van der Waals surface area contributed by atoms with Crippen LogP contribution in [0.3, 0.4) is 0 Å². The summed E-state index contributed by atoms with van der Waals surface area (Å²) in [6.07, 6.45) is 4.82. The average Bonchev–Trinajstić information content (AvgIpc) is 1.91. The Morgan fingerprint density at radius 1 is 1.27 bits per heavy atom. The summed E-state index contributed by atoms with van der Waals surface area (Å²) in [7, 11) is 0. The van der Waals surface area contributed by atoms with E-state index in [1.807, 2.05) is 0 Å².